The average molecular weight is 398 g/mol. The standard InChI is InChI=1S/C15H14Br2N2O/c1-10-7-14(16)13(15(17)8-10)9-18-19-11-3-5-12(20-2)6-4-11/h3-8H,9H2,1-2H3. The summed E-state index contributed by atoms with van der Waals surface area (Å²) in [6.45, 7) is 2.58. The Bertz CT molecular complexity index is 601. The summed E-state index contributed by atoms with van der Waals surface area (Å²) in [6, 6.07) is 11.6. The van der Waals surface area contributed by atoms with Crippen molar-refractivity contribution in [2.75, 3.05) is 7.11 Å². The van der Waals surface area contributed by atoms with Crippen molar-refractivity contribution in [3.63, 3.8) is 0 Å². The minimum Gasteiger partial charge on any atom is -0.497 e. The minimum absolute atomic E-state index is 0.521. The average Bonchev–Trinajstić information content (AvgIpc) is 2.42. The molecular formula is C15H14Br2N2O. The third-order valence-electron chi connectivity index (χ3n) is 2.77. The number of azo groups is 1. The van der Waals surface area contributed by atoms with Crippen molar-refractivity contribution < 1.29 is 4.74 Å². The van der Waals surface area contributed by atoms with E-state index in [0.29, 0.717) is 6.54 Å². The maximum atomic E-state index is 5.10. The van der Waals surface area contributed by atoms with E-state index in [-0.39, 0.29) is 0 Å². The molecule has 0 aliphatic carbocycles. The van der Waals surface area contributed by atoms with E-state index in [2.05, 4.69) is 61.1 Å². The number of hydrogen-bond donors (Lipinski definition) is 0. The molecule has 0 saturated heterocycles. The highest BCUT2D eigenvalue weighted by Crippen LogP contribution is 2.28. The molecule has 0 atom stereocenters. The summed E-state index contributed by atoms with van der Waals surface area (Å²) in [6.07, 6.45) is 0. The lowest BCUT2D eigenvalue weighted by atomic mass is 10.1. The second-order valence-corrected chi connectivity index (χ2v) is 6.01. The van der Waals surface area contributed by atoms with Crippen LogP contribution in [-0.4, -0.2) is 7.11 Å². The van der Waals surface area contributed by atoms with Crippen LogP contribution in [0.5, 0.6) is 5.75 Å². The minimum atomic E-state index is 0.521. The second-order valence-electron chi connectivity index (χ2n) is 4.30. The van der Waals surface area contributed by atoms with Crippen molar-refractivity contribution >= 4 is 37.5 Å². The van der Waals surface area contributed by atoms with Crippen LogP contribution in [0.2, 0.25) is 0 Å². The largest absolute Gasteiger partial charge is 0.497 e. The summed E-state index contributed by atoms with van der Waals surface area (Å²) in [7, 11) is 1.64. The number of nitrogens with zero attached hydrogens (tertiary/aromatic N) is 2. The molecule has 0 unspecified atom stereocenters. The van der Waals surface area contributed by atoms with Crippen LogP contribution >= 0.6 is 31.9 Å². The van der Waals surface area contributed by atoms with Crippen LogP contribution < -0.4 is 4.74 Å². The van der Waals surface area contributed by atoms with Crippen LogP contribution in [0.4, 0.5) is 5.69 Å². The fourth-order valence-electron chi connectivity index (χ4n) is 1.72. The Morgan fingerprint density at radius 1 is 1.05 bits per heavy atom. The Hall–Kier alpha value is -1.20. The summed E-state index contributed by atoms with van der Waals surface area (Å²) in [5.74, 6) is 0.813. The van der Waals surface area contributed by atoms with Crippen molar-refractivity contribution in [3.8, 4) is 5.75 Å². The van der Waals surface area contributed by atoms with Gasteiger partial charge in [-0.1, -0.05) is 31.9 Å². The normalized spacial score (nSPS) is 11.0. The monoisotopic (exact) mass is 396 g/mol. The molecule has 2 aromatic carbocycles. The number of halogens is 2. The lowest BCUT2D eigenvalue weighted by Crippen LogP contribution is -1.87. The lowest BCUT2D eigenvalue weighted by Gasteiger charge is -2.05. The molecule has 0 amide bonds. The van der Waals surface area contributed by atoms with E-state index in [1.54, 1.807) is 7.11 Å². The Kier molecular flexibility index (Phi) is 5.31. The number of hydrogen-bond acceptors (Lipinski definition) is 3. The van der Waals surface area contributed by atoms with Gasteiger partial charge in [0.15, 0.2) is 0 Å². The molecule has 0 aromatic heterocycles. The molecule has 3 nitrogen and oxygen atoms in total. The Balaban J connectivity index is 2.09. The van der Waals surface area contributed by atoms with Gasteiger partial charge in [-0.05, 0) is 48.9 Å². The SMILES string of the molecule is COc1ccc(N=NCc2c(Br)cc(C)cc2Br)cc1. The quantitative estimate of drug-likeness (QED) is 0.599. The van der Waals surface area contributed by atoms with Crippen molar-refractivity contribution in [1.29, 1.82) is 0 Å². The second kappa shape index (κ2) is 6.99. The van der Waals surface area contributed by atoms with Gasteiger partial charge in [0.2, 0.25) is 0 Å². The molecule has 0 fully saturated rings. The van der Waals surface area contributed by atoms with Crippen LogP contribution in [0, 0.1) is 6.92 Å². The summed E-state index contributed by atoms with van der Waals surface area (Å²) >= 11 is 7.11. The smallest absolute Gasteiger partial charge is 0.119 e. The molecule has 0 spiro atoms. The van der Waals surface area contributed by atoms with Crippen LogP contribution in [-0.2, 0) is 6.54 Å². The lowest BCUT2D eigenvalue weighted by molar-refractivity contribution is 0.415. The Labute approximate surface area is 135 Å². The van der Waals surface area contributed by atoms with Gasteiger partial charge < -0.3 is 4.74 Å². The topological polar surface area (TPSA) is 34.0 Å². The van der Waals surface area contributed by atoms with Gasteiger partial charge in [0, 0.05) is 14.5 Å². The van der Waals surface area contributed by atoms with Gasteiger partial charge in [-0.2, -0.15) is 10.2 Å². The fraction of sp³-hybridized carbons (Fsp3) is 0.200. The Morgan fingerprint density at radius 3 is 2.20 bits per heavy atom. The van der Waals surface area contributed by atoms with E-state index in [4.69, 9.17) is 4.74 Å². The van der Waals surface area contributed by atoms with Gasteiger partial charge in [-0.3, -0.25) is 0 Å². The van der Waals surface area contributed by atoms with E-state index in [1.165, 1.54) is 5.56 Å². The van der Waals surface area contributed by atoms with Gasteiger partial charge in [0.1, 0.15) is 5.75 Å². The molecule has 0 aliphatic rings. The highest BCUT2D eigenvalue weighted by atomic mass is 79.9. The predicted octanol–water partition coefficient (Wildman–Crippen LogP) is 5.81. The van der Waals surface area contributed by atoms with Crippen molar-refractivity contribution in [3.05, 3.63) is 56.5 Å². The van der Waals surface area contributed by atoms with Gasteiger partial charge in [-0.25, -0.2) is 0 Å². The van der Waals surface area contributed by atoms with E-state index >= 15 is 0 Å². The van der Waals surface area contributed by atoms with Crippen LogP contribution in [0.25, 0.3) is 0 Å². The van der Waals surface area contributed by atoms with E-state index in [9.17, 15) is 0 Å². The maximum Gasteiger partial charge on any atom is 0.119 e. The Morgan fingerprint density at radius 2 is 1.65 bits per heavy atom. The molecule has 0 radical (unpaired) electrons. The van der Waals surface area contributed by atoms with Gasteiger partial charge in [0.05, 0.1) is 19.3 Å². The van der Waals surface area contributed by atoms with Crippen LogP contribution in [0.15, 0.2) is 55.6 Å². The number of ether oxygens (including phenoxy) is 1. The first-order valence-electron chi connectivity index (χ1n) is 6.06. The van der Waals surface area contributed by atoms with Crippen molar-refractivity contribution in [2.24, 2.45) is 10.2 Å². The molecule has 20 heavy (non-hydrogen) atoms. The molecule has 2 rings (SSSR count). The zero-order valence-corrected chi connectivity index (χ0v) is 14.4. The first-order valence-corrected chi connectivity index (χ1v) is 7.65. The highest BCUT2D eigenvalue weighted by molar-refractivity contribution is 9.11. The molecule has 0 saturated carbocycles. The van der Waals surface area contributed by atoms with E-state index < -0.39 is 0 Å². The molecule has 0 N–H and O–H groups in total. The third-order valence-corrected chi connectivity index (χ3v) is 4.19. The van der Waals surface area contributed by atoms with Gasteiger partial charge in [0.25, 0.3) is 0 Å². The predicted molar refractivity (Wildman–Crippen MR) is 87.8 cm³/mol. The number of benzene rings is 2. The zero-order valence-electron chi connectivity index (χ0n) is 11.2. The summed E-state index contributed by atoms with van der Waals surface area (Å²) < 4.78 is 7.18. The van der Waals surface area contributed by atoms with Gasteiger partial charge >= 0.3 is 0 Å². The number of aryl methyl sites for hydroxylation is 1. The van der Waals surface area contributed by atoms with Gasteiger partial charge in [-0.15, -0.1) is 0 Å². The third kappa shape index (κ3) is 3.90. The van der Waals surface area contributed by atoms with Crippen molar-refractivity contribution in [2.45, 2.75) is 13.5 Å². The zero-order chi connectivity index (χ0) is 14.5. The molecule has 2 aromatic rings. The summed E-state index contributed by atoms with van der Waals surface area (Å²) in [5.41, 5.74) is 3.10. The molecule has 0 heterocycles. The van der Waals surface area contributed by atoms with Crippen LogP contribution in [0.1, 0.15) is 11.1 Å². The van der Waals surface area contributed by atoms with Crippen molar-refractivity contribution in [1.82, 2.24) is 0 Å². The highest BCUT2D eigenvalue weighted by Gasteiger charge is 2.05. The number of rotatable bonds is 4. The summed E-state index contributed by atoms with van der Waals surface area (Å²) in [4.78, 5) is 0. The van der Waals surface area contributed by atoms with E-state index in [0.717, 1.165) is 25.9 Å². The van der Waals surface area contributed by atoms with Crippen LogP contribution in [0.3, 0.4) is 0 Å². The molecule has 5 heteroatoms. The first kappa shape index (κ1) is 15.2. The fourth-order valence-corrected chi connectivity index (χ4v) is 3.38. The number of methoxy groups -OCH3 is 1. The summed E-state index contributed by atoms with van der Waals surface area (Å²) in [5, 5.41) is 8.45. The first-order chi connectivity index (χ1) is 9.60. The molecule has 0 bridgehead atoms. The molecular weight excluding hydrogens is 384 g/mol. The molecule has 0 aliphatic heterocycles. The van der Waals surface area contributed by atoms with E-state index in [1.807, 2.05) is 24.3 Å². The maximum absolute atomic E-state index is 5.10. The molecule has 104 valence electrons.